The van der Waals surface area contributed by atoms with E-state index in [2.05, 4.69) is 0 Å². The van der Waals surface area contributed by atoms with Gasteiger partial charge in [-0.05, 0) is 24.6 Å². The van der Waals surface area contributed by atoms with Crippen LogP contribution in [0.2, 0.25) is 5.02 Å². The first-order valence-electron chi connectivity index (χ1n) is 3.44. The van der Waals surface area contributed by atoms with Crippen LogP contribution in [0.3, 0.4) is 0 Å². The molecule has 0 amide bonds. The summed E-state index contributed by atoms with van der Waals surface area (Å²) < 4.78 is 0. The molecule has 4 N–H and O–H groups in total. The van der Waals surface area contributed by atoms with E-state index in [1.165, 1.54) is 6.07 Å². The molecule has 0 saturated carbocycles. The first kappa shape index (κ1) is 9.38. The molecule has 0 aliphatic heterocycles. The van der Waals surface area contributed by atoms with Crippen LogP contribution in [-0.2, 0) is 0 Å². The lowest BCUT2D eigenvalue weighted by molar-refractivity contribution is 0.426. The predicted octanol–water partition coefficient (Wildman–Crippen LogP) is -0.0896. The van der Waals surface area contributed by atoms with Gasteiger partial charge in [0, 0.05) is 16.2 Å². The van der Waals surface area contributed by atoms with E-state index in [-0.39, 0.29) is 5.46 Å². The van der Waals surface area contributed by atoms with Crippen LogP contribution in [-0.4, -0.2) is 17.2 Å². The molecule has 0 atom stereocenters. The van der Waals surface area contributed by atoms with Crippen molar-refractivity contribution in [2.24, 2.45) is 0 Å². The van der Waals surface area contributed by atoms with E-state index in [0.717, 1.165) is 5.56 Å². The molecule has 0 saturated heterocycles. The molecule has 0 spiro atoms. The second-order valence-corrected chi connectivity index (χ2v) is 3.01. The third kappa shape index (κ3) is 1.72. The first-order valence-corrected chi connectivity index (χ1v) is 3.82. The van der Waals surface area contributed by atoms with Crippen LogP contribution in [0.1, 0.15) is 5.56 Å². The highest BCUT2D eigenvalue weighted by Gasteiger charge is 2.15. The zero-order chi connectivity index (χ0) is 9.30. The molecule has 0 bridgehead atoms. The van der Waals surface area contributed by atoms with Gasteiger partial charge in [-0.25, -0.2) is 0 Å². The summed E-state index contributed by atoms with van der Waals surface area (Å²) in [6.45, 7) is 1.80. The zero-order valence-corrected chi connectivity index (χ0v) is 7.34. The van der Waals surface area contributed by atoms with Crippen LogP contribution in [0.5, 0.6) is 0 Å². The lowest BCUT2D eigenvalue weighted by Gasteiger charge is -2.06. The van der Waals surface area contributed by atoms with Crippen molar-refractivity contribution < 1.29 is 10.0 Å². The van der Waals surface area contributed by atoms with E-state index in [1.807, 2.05) is 0 Å². The van der Waals surface area contributed by atoms with E-state index in [9.17, 15) is 0 Å². The minimum absolute atomic E-state index is 0.236. The van der Waals surface area contributed by atoms with Crippen molar-refractivity contribution in [3.8, 4) is 0 Å². The number of nitrogens with two attached hydrogens (primary N) is 1. The fraction of sp³-hybridized carbons (Fsp3) is 0.143. The van der Waals surface area contributed by atoms with Crippen LogP contribution in [0, 0.1) is 6.92 Å². The summed E-state index contributed by atoms with van der Waals surface area (Å²) in [6, 6.07) is 3.06. The minimum Gasteiger partial charge on any atom is -0.423 e. The molecule has 12 heavy (non-hydrogen) atoms. The molecule has 5 heteroatoms. The summed E-state index contributed by atoms with van der Waals surface area (Å²) >= 11 is 5.72. The van der Waals surface area contributed by atoms with Gasteiger partial charge in [0.2, 0.25) is 0 Å². The molecule has 1 rings (SSSR count). The fourth-order valence-corrected chi connectivity index (χ4v) is 1.22. The zero-order valence-electron chi connectivity index (χ0n) is 6.58. The Balaban J connectivity index is 3.23. The molecule has 0 heterocycles. The molecule has 0 unspecified atom stereocenters. The van der Waals surface area contributed by atoms with Gasteiger partial charge in [0.25, 0.3) is 0 Å². The van der Waals surface area contributed by atoms with Gasteiger partial charge in [-0.15, -0.1) is 0 Å². The number of hydrogen-bond acceptors (Lipinski definition) is 3. The Morgan fingerprint density at radius 2 is 2.00 bits per heavy atom. The van der Waals surface area contributed by atoms with Crippen molar-refractivity contribution in [3.63, 3.8) is 0 Å². The summed E-state index contributed by atoms with van der Waals surface area (Å²) in [4.78, 5) is 0. The summed E-state index contributed by atoms with van der Waals surface area (Å²) in [5.41, 5.74) is 7.11. The van der Waals surface area contributed by atoms with Crippen LogP contribution < -0.4 is 11.2 Å². The Bertz CT molecular complexity index is 304. The maximum Gasteiger partial charge on any atom is 0.490 e. The molecule has 3 nitrogen and oxygen atoms in total. The topological polar surface area (TPSA) is 66.5 Å². The van der Waals surface area contributed by atoms with Crippen molar-refractivity contribution in [1.82, 2.24) is 0 Å². The van der Waals surface area contributed by atoms with Crippen molar-refractivity contribution in [2.75, 3.05) is 5.73 Å². The van der Waals surface area contributed by atoms with E-state index in [0.29, 0.717) is 10.7 Å². The van der Waals surface area contributed by atoms with Crippen molar-refractivity contribution in [3.05, 3.63) is 22.7 Å². The molecular formula is C7H9BClNO2. The van der Waals surface area contributed by atoms with Crippen LogP contribution >= 0.6 is 11.6 Å². The number of aryl methyl sites for hydroxylation is 1. The SMILES string of the molecule is Cc1cc(Cl)c(B(O)O)cc1N. The maximum atomic E-state index is 8.84. The third-order valence-corrected chi connectivity index (χ3v) is 1.99. The van der Waals surface area contributed by atoms with Gasteiger partial charge in [-0.3, -0.25) is 0 Å². The van der Waals surface area contributed by atoms with Crippen LogP contribution in [0.15, 0.2) is 12.1 Å². The Labute approximate surface area is 75.9 Å². The van der Waals surface area contributed by atoms with Gasteiger partial charge >= 0.3 is 7.12 Å². The second kappa shape index (κ2) is 3.35. The van der Waals surface area contributed by atoms with Gasteiger partial charge in [0.05, 0.1) is 0 Å². The van der Waals surface area contributed by atoms with E-state index >= 15 is 0 Å². The van der Waals surface area contributed by atoms with E-state index in [4.69, 9.17) is 27.4 Å². The smallest absolute Gasteiger partial charge is 0.423 e. The molecule has 0 radical (unpaired) electrons. The Morgan fingerprint density at radius 1 is 1.42 bits per heavy atom. The van der Waals surface area contributed by atoms with Gasteiger partial charge in [0.15, 0.2) is 0 Å². The largest absolute Gasteiger partial charge is 0.490 e. The molecule has 0 aromatic heterocycles. The average Bonchev–Trinajstić information content (AvgIpc) is 1.96. The monoisotopic (exact) mass is 185 g/mol. The van der Waals surface area contributed by atoms with E-state index < -0.39 is 7.12 Å². The number of benzene rings is 1. The number of nitrogen functional groups attached to an aromatic ring is 1. The average molecular weight is 185 g/mol. The Morgan fingerprint density at radius 3 is 2.50 bits per heavy atom. The van der Waals surface area contributed by atoms with E-state index in [1.54, 1.807) is 13.0 Å². The van der Waals surface area contributed by atoms with Crippen LogP contribution in [0.4, 0.5) is 5.69 Å². The molecule has 0 fully saturated rings. The van der Waals surface area contributed by atoms with Crippen molar-refractivity contribution >= 4 is 29.9 Å². The Hall–Kier alpha value is -0.705. The summed E-state index contributed by atoms with van der Waals surface area (Å²) in [7, 11) is -1.57. The molecular weight excluding hydrogens is 176 g/mol. The normalized spacial score (nSPS) is 10.0. The highest BCUT2D eigenvalue weighted by Crippen LogP contribution is 2.14. The standard InChI is InChI=1S/C7H9BClNO2/c1-4-2-6(9)5(8(11)12)3-7(4)10/h2-3,11-12H,10H2,1H3. The number of rotatable bonds is 1. The molecule has 1 aromatic rings. The van der Waals surface area contributed by atoms with Crippen molar-refractivity contribution in [2.45, 2.75) is 6.92 Å². The second-order valence-electron chi connectivity index (χ2n) is 2.60. The maximum absolute atomic E-state index is 8.84. The molecule has 0 aliphatic rings. The fourth-order valence-electron chi connectivity index (χ4n) is 0.905. The summed E-state index contributed by atoms with van der Waals surface area (Å²) in [5, 5.41) is 18.0. The summed E-state index contributed by atoms with van der Waals surface area (Å²) in [5.74, 6) is 0. The highest BCUT2D eigenvalue weighted by atomic mass is 35.5. The van der Waals surface area contributed by atoms with Gasteiger partial charge < -0.3 is 15.8 Å². The lowest BCUT2D eigenvalue weighted by atomic mass is 9.79. The molecule has 1 aromatic carbocycles. The van der Waals surface area contributed by atoms with Crippen LogP contribution in [0.25, 0.3) is 0 Å². The number of anilines is 1. The number of halogens is 1. The first-order chi connectivity index (χ1) is 5.52. The lowest BCUT2D eigenvalue weighted by Crippen LogP contribution is -2.31. The summed E-state index contributed by atoms with van der Waals surface area (Å²) in [6.07, 6.45) is 0. The minimum atomic E-state index is -1.57. The highest BCUT2D eigenvalue weighted by molar-refractivity contribution is 6.62. The number of hydrogen-bond donors (Lipinski definition) is 3. The quantitative estimate of drug-likeness (QED) is 0.423. The molecule has 0 aliphatic carbocycles. The van der Waals surface area contributed by atoms with Gasteiger partial charge in [-0.1, -0.05) is 11.6 Å². The van der Waals surface area contributed by atoms with Gasteiger partial charge in [0.1, 0.15) is 0 Å². The predicted molar refractivity (Wildman–Crippen MR) is 50.4 cm³/mol. The Kier molecular flexibility index (Phi) is 2.62. The van der Waals surface area contributed by atoms with Crippen molar-refractivity contribution in [1.29, 1.82) is 0 Å². The van der Waals surface area contributed by atoms with Gasteiger partial charge in [-0.2, -0.15) is 0 Å². The molecule has 64 valence electrons. The third-order valence-electron chi connectivity index (χ3n) is 1.66.